The Morgan fingerprint density at radius 1 is 1.29 bits per heavy atom. The van der Waals surface area contributed by atoms with E-state index in [1.807, 2.05) is 5.32 Å². The average Bonchev–Trinajstić information content (AvgIpc) is 3.42. The van der Waals surface area contributed by atoms with Gasteiger partial charge in [-0.15, -0.1) is 5.10 Å². The highest BCUT2D eigenvalue weighted by atomic mass is 35.5. The second kappa shape index (κ2) is 9.91. The van der Waals surface area contributed by atoms with Gasteiger partial charge in [-0.3, -0.25) is 19.5 Å². The Bertz CT molecular complexity index is 1080. The summed E-state index contributed by atoms with van der Waals surface area (Å²) in [6.45, 7) is 1.41. The highest BCUT2D eigenvalue weighted by molar-refractivity contribution is 6.35. The van der Waals surface area contributed by atoms with Crippen molar-refractivity contribution in [3.63, 3.8) is 0 Å². The maximum absolute atomic E-state index is 14.1. The summed E-state index contributed by atoms with van der Waals surface area (Å²) in [6.07, 6.45) is -4.99. The largest absolute Gasteiger partial charge is 0.391 e. The third-order valence-corrected chi connectivity index (χ3v) is 5.72. The second-order valence-electron chi connectivity index (χ2n) is 7.59. The predicted octanol–water partition coefficient (Wildman–Crippen LogP) is 2.72. The number of hydrogen-bond acceptors (Lipinski definition) is 5. The van der Waals surface area contributed by atoms with Crippen LogP contribution in [0.25, 0.3) is 0 Å². The van der Waals surface area contributed by atoms with E-state index in [2.05, 4.69) is 20.7 Å². The van der Waals surface area contributed by atoms with E-state index in [-0.39, 0.29) is 24.3 Å². The highest BCUT2D eigenvalue weighted by Crippen LogP contribution is 2.30. The van der Waals surface area contributed by atoms with Gasteiger partial charge in [0.25, 0.3) is 0 Å². The molecular formula is C19H18ClF5N6O3. The topological polar surface area (TPSA) is 120 Å². The van der Waals surface area contributed by atoms with Gasteiger partial charge in [0.15, 0.2) is 5.82 Å². The van der Waals surface area contributed by atoms with Crippen molar-refractivity contribution in [2.45, 2.75) is 38.0 Å². The minimum absolute atomic E-state index is 0.0495. The lowest BCUT2D eigenvalue weighted by Gasteiger charge is -2.25. The van der Waals surface area contributed by atoms with Crippen LogP contribution in [0.15, 0.2) is 18.3 Å². The van der Waals surface area contributed by atoms with Crippen LogP contribution in [0.4, 0.5) is 27.6 Å². The van der Waals surface area contributed by atoms with Crippen molar-refractivity contribution in [3.05, 3.63) is 40.7 Å². The van der Waals surface area contributed by atoms with E-state index in [1.54, 1.807) is 0 Å². The number of H-pyrrole nitrogens is 1. The smallest absolute Gasteiger partial charge is 0.339 e. The van der Waals surface area contributed by atoms with Gasteiger partial charge >= 0.3 is 18.0 Å². The minimum Gasteiger partial charge on any atom is -0.339 e. The molecular weight excluding hydrogens is 491 g/mol. The van der Waals surface area contributed by atoms with Gasteiger partial charge in [-0.1, -0.05) is 16.8 Å². The molecule has 1 aliphatic heterocycles. The Kier molecular flexibility index (Phi) is 7.38. The number of nitrogens with zero attached hydrogens (tertiary/aromatic N) is 3. The van der Waals surface area contributed by atoms with Crippen LogP contribution in [0.3, 0.4) is 0 Å². The third-order valence-electron chi connectivity index (χ3n) is 5.37. The molecule has 1 aliphatic rings. The van der Waals surface area contributed by atoms with Crippen molar-refractivity contribution in [2.24, 2.45) is 5.92 Å². The number of nitrogens with one attached hydrogen (secondary N) is 3. The van der Waals surface area contributed by atoms with E-state index in [1.165, 1.54) is 6.92 Å². The molecule has 2 heterocycles. The van der Waals surface area contributed by atoms with Crippen molar-refractivity contribution in [3.8, 4) is 0 Å². The van der Waals surface area contributed by atoms with Crippen LogP contribution in [-0.4, -0.2) is 56.8 Å². The minimum atomic E-state index is -4.66. The summed E-state index contributed by atoms with van der Waals surface area (Å²) in [5.41, 5.74) is -0.584. The number of carbonyl (C=O) groups is 3. The molecule has 9 nitrogen and oxygen atoms in total. The fourth-order valence-corrected chi connectivity index (χ4v) is 3.78. The van der Waals surface area contributed by atoms with E-state index in [0.29, 0.717) is 0 Å². The standard InChI is InChI=1S/C19H18ClF5N6O3/c1-8-9(16(32)27-11-3-2-10(21)14(20)15(11)22)4-5-31(8)18(34)17(33)28-12(6-19(23,24)25)13-7-26-30-29-13/h2-3,7-9,12H,4-6H2,1H3,(H,27,32)(H,28,33)(H,26,29,30)/t8-,9-,12-/m0/s1. The first kappa shape index (κ1) is 25.3. The molecule has 0 saturated carbocycles. The van der Waals surface area contributed by atoms with Crippen molar-refractivity contribution in [1.82, 2.24) is 25.6 Å². The molecule has 184 valence electrons. The molecule has 1 aromatic heterocycles. The predicted molar refractivity (Wildman–Crippen MR) is 107 cm³/mol. The van der Waals surface area contributed by atoms with Gasteiger partial charge in [0.2, 0.25) is 5.91 Å². The van der Waals surface area contributed by atoms with Crippen LogP contribution in [-0.2, 0) is 14.4 Å². The first-order valence-electron chi connectivity index (χ1n) is 9.88. The van der Waals surface area contributed by atoms with Gasteiger partial charge in [-0.05, 0) is 25.5 Å². The molecule has 0 bridgehead atoms. The maximum Gasteiger partial charge on any atom is 0.391 e. The molecule has 3 amide bonds. The maximum atomic E-state index is 14.1. The van der Waals surface area contributed by atoms with Crippen molar-refractivity contribution in [1.29, 1.82) is 0 Å². The van der Waals surface area contributed by atoms with Gasteiger partial charge in [0.05, 0.1) is 24.1 Å². The lowest BCUT2D eigenvalue weighted by atomic mass is 10.0. The highest BCUT2D eigenvalue weighted by Gasteiger charge is 2.42. The Morgan fingerprint density at radius 2 is 2.00 bits per heavy atom. The van der Waals surface area contributed by atoms with Crippen molar-refractivity contribution < 1.29 is 36.3 Å². The van der Waals surface area contributed by atoms with Gasteiger partial charge in [0, 0.05) is 18.8 Å². The number of benzene rings is 1. The van der Waals surface area contributed by atoms with Gasteiger partial charge in [-0.2, -0.15) is 13.2 Å². The Labute approximate surface area is 194 Å². The molecule has 34 heavy (non-hydrogen) atoms. The Balaban J connectivity index is 1.66. The molecule has 3 N–H and O–H groups in total. The molecule has 0 radical (unpaired) electrons. The Hall–Kier alpha value is -3.29. The molecule has 15 heteroatoms. The normalized spacial score (nSPS) is 19.1. The van der Waals surface area contributed by atoms with Gasteiger partial charge in [0.1, 0.15) is 16.5 Å². The number of carbonyl (C=O) groups excluding carboxylic acids is 3. The zero-order valence-electron chi connectivity index (χ0n) is 17.4. The summed E-state index contributed by atoms with van der Waals surface area (Å²) in [4.78, 5) is 38.7. The number of amides is 3. The number of likely N-dealkylation sites (tertiary alicyclic amines) is 1. The second-order valence-corrected chi connectivity index (χ2v) is 7.97. The van der Waals surface area contributed by atoms with Crippen LogP contribution in [0.5, 0.6) is 0 Å². The molecule has 3 atom stereocenters. The first-order chi connectivity index (χ1) is 15.9. The van der Waals surface area contributed by atoms with Crippen molar-refractivity contribution in [2.75, 3.05) is 11.9 Å². The number of halogens is 6. The van der Waals surface area contributed by atoms with E-state index in [4.69, 9.17) is 11.6 Å². The quantitative estimate of drug-likeness (QED) is 0.326. The molecule has 3 rings (SSSR count). The van der Waals surface area contributed by atoms with Crippen LogP contribution in [0.1, 0.15) is 31.5 Å². The summed E-state index contributed by atoms with van der Waals surface area (Å²) >= 11 is 5.49. The van der Waals surface area contributed by atoms with E-state index in [9.17, 15) is 36.3 Å². The molecule has 2 aromatic rings. The summed E-state index contributed by atoms with van der Waals surface area (Å²) < 4.78 is 66.1. The molecule has 1 fully saturated rings. The summed E-state index contributed by atoms with van der Waals surface area (Å²) in [5.74, 6) is -6.22. The lowest BCUT2D eigenvalue weighted by Crippen LogP contribution is -2.47. The van der Waals surface area contributed by atoms with Crippen LogP contribution >= 0.6 is 11.6 Å². The summed E-state index contributed by atoms with van der Waals surface area (Å²) in [6, 6.07) is -0.649. The van der Waals surface area contributed by atoms with Gasteiger partial charge < -0.3 is 15.5 Å². The number of alkyl halides is 3. The van der Waals surface area contributed by atoms with Crippen LogP contribution < -0.4 is 10.6 Å². The fourth-order valence-electron chi connectivity index (χ4n) is 3.62. The van der Waals surface area contributed by atoms with E-state index < -0.39 is 65.0 Å². The molecule has 0 aliphatic carbocycles. The van der Waals surface area contributed by atoms with Crippen molar-refractivity contribution >= 4 is 35.0 Å². The number of anilines is 1. The number of aromatic nitrogens is 3. The lowest BCUT2D eigenvalue weighted by molar-refractivity contribution is -0.151. The average molecular weight is 509 g/mol. The van der Waals surface area contributed by atoms with Gasteiger partial charge in [-0.25, -0.2) is 8.78 Å². The summed E-state index contributed by atoms with van der Waals surface area (Å²) in [5, 5.41) is 12.5. The number of aromatic amines is 1. The zero-order chi connectivity index (χ0) is 25.2. The fraction of sp³-hybridized carbons (Fsp3) is 0.421. The monoisotopic (exact) mass is 508 g/mol. The number of hydrogen-bond donors (Lipinski definition) is 3. The molecule has 0 spiro atoms. The Morgan fingerprint density at radius 3 is 2.62 bits per heavy atom. The summed E-state index contributed by atoms with van der Waals surface area (Å²) in [7, 11) is 0. The van der Waals surface area contributed by atoms with E-state index in [0.717, 1.165) is 23.2 Å². The number of rotatable bonds is 5. The third kappa shape index (κ3) is 5.61. The van der Waals surface area contributed by atoms with E-state index >= 15 is 0 Å². The molecule has 0 unspecified atom stereocenters. The van der Waals surface area contributed by atoms with Crippen LogP contribution in [0, 0.1) is 17.6 Å². The first-order valence-corrected chi connectivity index (χ1v) is 10.3. The molecule has 1 aromatic carbocycles. The van der Waals surface area contributed by atoms with Crippen LogP contribution in [0.2, 0.25) is 5.02 Å². The SMILES string of the molecule is C[C@H]1[C@@H](C(=O)Nc2ccc(F)c(Cl)c2F)CCN1C(=O)C(=O)N[C@@H](CC(F)(F)F)c1c[nH]nn1. The molecule has 1 saturated heterocycles. The zero-order valence-corrected chi connectivity index (χ0v) is 18.2.